The van der Waals surface area contributed by atoms with Crippen molar-refractivity contribution in [3.05, 3.63) is 0 Å². The first-order valence-corrected chi connectivity index (χ1v) is 5.01. The average Bonchev–Trinajstić information content (AvgIpc) is 2.99. The van der Waals surface area contributed by atoms with E-state index in [0.717, 1.165) is 12.8 Å². The summed E-state index contributed by atoms with van der Waals surface area (Å²) in [6, 6.07) is 0. The average molecular weight is 202 g/mol. The lowest BCUT2D eigenvalue weighted by molar-refractivity contribution is -0.125. The first-order chi connectivity index (χ1) is 6.84. The summed E-state index contributed by atoms with van der Waals surface area (Å²) in [4.78, 5) is 11.2. The minimum atomic E-state index is 0.238. The molecule has 0 saturated heterocycles. The Bertz CT molecular complexity index is 166. The van der Waals surface area contributed by atoms with E-state index in [1.807, 2.05) is 0 Å². The Balaban J connectivity index is 1.77. The molecule has 0 heterocycles. The molecule has 1 fully saturated rings. The fourth-order valence-electron chi connectivity index (χ4n) is 1.06. The smallest absolute Gasteiger partial charge is 0.161 e. The Labute approximate surface area is 84.5 Å². The highest BCUT2D eigenvalue weighted by molar-refractivity contribution is 5.84. The molecule has 0 unspecified atom stereocenters. The van der Waals surface area contributed by atoms with Gasteiger partial charge in [0.2, 0.25) is 0 Å². The predicted molar refractivity (Wildman–Crippen MR) is 51.2 cm³/mol. The largest absolute Gasteiger partial charge is 0.382 e. The predicted octanol–water partition coefficient (Wildman–Crippen LogP) is 0.645. The van der Waals surface area contributed by atoms with Gasteiger partial charge in [0.1, 0.15) is 6.61 Å². The third-order valence-electron chi connectivity index (χ3n) is 2.08. The topological polar surface area (TPSA) is 44.8 Å². The van der Waals surface area contributed by atoms with Gasteiger partial charge in [-0.05, 0) is 12.8 Å². The highest BCUT2D eigenvalue weighted by atomic mass is 16.5. The number of rotatable bonds is 9. The maximum Gasteiger partial charge on any atom is 0.161 e. The van der Waals surface area contributed by atoms with Crippen molar-refractivity contribution in [1.29, 1.82) is 0 Å². The molecule has 0 aromatic carbocycles. The van der Waals surface area contributed by atoms with Crippen LogP contribution in [-0.4, -0.2) is 45.9 Å². The van der Waals surface area contributed by atoms with Crippen LogP contribution in [0, 0.1) is 5.92 Å². The van der Waals surface area contributed by atoms with E-state index in [-0.39, 0.29) is 12.4 Å². The summed E-state index contributed by atoms with van der Waals surface area (Å²) in [6.07, 6.45) is 2.10. The van der Waals surface area contributed by atoms with Crippen molar-refractivity contribution < 1.29 is 19.0 Å². The third-order valence-corrected chi connectivity index (χ3v) is 2.08. The second-order valence-electron chi connectivity index (χ2n) is 3.40. The second kappa shape index (κ2) is 6.92. The Morgan fingerprint density at radius 2 is 1.79 bits per heavy atom. The quantitative estimate of drug-likeness (QED) is 0.515. The van der Waals surface area contributed by atoms with E-state index in [0.29, 0.717) is 32.3 Å². The van der Waals surface area contributed by atoms with Crippen LogP contribution < -0.4 is 0 Å². The summed E-state index contributed by atoms with van der Waals surface area (Å²) < 4.78 is 15.1. The van der Waals surface area contributed by atoms with Crippen LogP contribution >= 0.6 is 0 Å². The molecule has 1 rings (SSSR count). The summed E-state index contributed by atoms with van der Waals surface area (Å²) >= 11 is 0. The number of Topliss-reactive ketones (excluding diaryl/α,β-unsaturated/α-hetero) is 1. The van der Waals surface area contributed by atoms with Crippen molar-refractivity contribution >= 4 is 5.78 Å². The summed E-state index contributed by atoms with van der Waals surface area (Å²) in [7, 11) is 1.63. The molecule has 4 nitrogen and oxygen atoms in total. The molecule has 82 valence electrons. The van der Waals surface area contributed by atoms with Crippen LogP contribution in [0.4, 0.5) is 0 Å². The van der Waals surface area contributed by atoms with Gasteiger partial charge in [0.25, 0.3) is 0 Å². The van der Waals surface area contributed by atoms with E-state index in [1.165, 1.54) is 0 Å². The van der Waals surface area contributed by atoms with Crippen LogP contribution in [0.1, 0.15) is 12.8 Å². The molecule has 0 N–H and O–H groups in total. The van der Waals surface area contributed by atoms with E-state index in [9.17, 15) is 4.79 Å². The molecule has 1 aliphatic carbocycles. The molecule has 0 aliphatic heterocycles. The standard InChI is InChI=1S/C10H18O4/c1-12-4-5-13-6-7-14-8-10(11)9-2-3-9/h9H,2-8H2,1H3. The summed E-state index contributed by atoms with van der Waals surface area (Å²) in [5.41, 5.74) is 0. The van der Waals surface area contributed by atoms with Gasteiger partial charge in [0, 0.05) is 13.0 Å². The lowest BCUT2D eigenvalue weighted by Crippen LogP contribution is -2.14. The minimum Gasteiger partial charge on any atom is -0.382 e. The van der Waals surface area contributed by atoms with Gasteiger partial charge in [-0.2, -0.15) is 0 Å². The minimum absolute atomic E-state index is 0.238. The molecule has 0 radical (unpaired) electrons. The molecule has 0 spiro atoms. The molecule has 1 aliphatic rings. The van der Waals surface area contributed by atoms with Crippen LogP contribution in [0.2, 0.25) is 0 Å². The van der Waals surface area contributed by atoms with Crippen molar-refractivity contribution in [2.75, 3.05) is 40.1 Å². The van der Waals surface area contributed by atoms with Crippen LogP contribution in [0.25, 0.3) is 0 Å². The monoisotopic (exact) mass is 202 g/mol. The summed E-state index contributed by atoms with van der Waals surface area (Å²) in [5, 5.41) is 0. The lowest BCUT2D eigenvalue weighted by Gasteiger charge is -2.04. The lowest BCUT2D eigenvalue weighted by atomic mass is 10.3. The fraction of sp³-hybridized carbons (Fsp3) is 0.900. The van der Waals surface area contributed by atoms with Crippen molar-refractivity contribution in [3.63, 3.8) is 0 Å². The van der Waals surface area contributed by atoms with E-state index in [1.54, 1.807) is 7.11 Å². The van der Waals surface area contributed by atoms with Gasteiger partial charge in [-0.1, -0.05) is 0 Å². The Kier molecular flexibility index (Phi) is 5.75. The maximum atomic E-state index is 11.2. The molecule has 4 heteroatoms. The molecule has 0 aromatic rings. The van der Waals surface area contributed by atoms with Gasteiger partial charge in [0.05, 0.1) is 26.4 Å². The van der Waals surface area contributed by atoms with E-state index >= 15 is 0 Å². The zero-order valence-corrected chi connectivity index (χ0v) is 8.66. The Morgan fingerprint density at radius 3 is 2.43 bits per heavy atom. The number of hydrogen-bond donors (Lipinski definition) is 0. The van der Waals surface area contributed by atoms with Crippen LogP contribution in [-0.2, 0) is 19.0 Å². The number of carbonyl (C=O) groups is 1. The van der Waals surface area contributed by atoms with Gasteiger partial charge < -0.3 is 14.2 Å². The van der Waals surface area contributed by atoms with E-state index in [2.05, 4.69) is 0 Å². The number of carbonyl (C=O) groups excluding carboxylic acids is 1. The van der Waals surface area contributed by atoms with Gasteiger partial charge in [-0.25, -0.2) is 0 Å². The van der Waals surface area contributed by atoms with Gasteiger partial charge in [-0.3, -0.25) is 4.79 Å². The highest BCUT2D eigenvalue weighted by Gasteiger charge is 2.28. The fourth-order valence-corrected chi connectivity index (χ4v) is 1.06. The molecular weight excluding hydrogens is 184 g/mol. The van der Waals surface area contributed by atoms with Crippen LogP contribution in [0.15, 0.2) is 0 Å². The van der Waals surface area contributed by atoms with Crippen molar-refractivity contribution in [3.8, 4) is 0 Å². The molecule has 0 aromatic heterocycles. The van der Waals surface area contributed by atoms with Crippen LogP contribution in [0.3, 0.4) is 0 Å². The molecular formula is C10H18O4. The van der Waals surface area contributed by atoms with Gasteiger partial charge in [-0.15, -0.1) is 0 Å². The second-order valence-corrected chi connectivity index (χ2v) is 3.40. The summed E-state index contributed by atoms with van der Waals surface area (Å²) in [6.45, 7) is 2.44. The molecule has 0 atom stereocenters. The molecule has 1 saturated carbocycles. The van der Waals surface area contributed by atoms with E-state index < -0.39 is 0 Å². The number of hydrogen-bond acceptors (Lipinski definition) is 4. The number of ketones is 1. The van der Waals surface area contributed by atoms with Crippen molar-refractivity contribution in [1.82, 2.24) is 0 Å². The van der Waals surface area contributed by atoms with E-state index in [4.69, 9.17) is 14.2 Å². The molecule has 0 amide bonds. The Hall–Kier alpha value is -0.450. The SMILES string of the molecule is COCCOCCOCC(=O)C1CC1. The normalized spacial score (nSPS) is 15.8. The first kappa shape index (κ1) is 11.6. The summed E-state index contributed by atoms with van der Waals surface area (Å²) in [5.74, 6) is 0.534. The zero-order chi connectivity index (χ0) is 10.2. The van der Waals surface area contributed by atoms with Crippen molar-refractivity contribution in [2.24, 2.45) is 5.92 Å². The third kappa shape index (κ3) is 5.32. The van der Waals surface area contributed by atoms with Crippen molar-refractivity contribution in [2.45, 2.75) is 12.8 Å². The van der Waals surface area contributed by atoms with Gasteiger partial charge in [0.15, 0.2) is 5.78 Å². The Morgan fingerprint density at radius 1 is 1.14 bits per heavy atom. The molecule has 14 heavy (non-hydrogen) atoms. The molecule has 0 bridgehead atoms. The van der Waals surface area contributed by atoms with Gasteiger partial charge >= 0.3 is 0 Å². The number of methoxy groups -OCH3 is 1. The maximum absolute atomic E-state index is 11.2. The van der Waals surface area contributed by atoms with Crippen LogP contribution in [0.5, 0.6) is 0 Å². The highest BCUT2D eigenvalue weighted by Crippen LogP contribution is 2.29. The first-order valence-electron chi connectivity index (χ1n) is 5.01. The number of ether oxygens (including phenoxy) is 3. The zero-order valence-electron chi connectivity index (χ0n) is 8.66.